The van der Waals surface area contributed by atoms with Gasteiger partial charge >= 0.3 is 0 Å². The third-order valence-electron chi connectivity index (χ3n) is 7.10. The van der Waals surface area contributed by atoms with Crippen LogP contribution in [-0.2, 0) is 0 Å². The molecular formula is C17H29N. The van der Waals surface area contributed by atoms with Crippen LogP contribution in [0.2, 0.25) is 0 Å². The molecule has 18 heavy (non-hydrogen) atoms. The van der Waals surface area contributed by atoms with Crippen LogP contribution in [0.4, 0.5) is 0 Å². The minimum atomic E-state index is 0.231. The fourth-order valence-electron chi connectivity index (χ4n) is 6.50. The Labute approximate surface area is 112 Å². The van der Waals surface area contributed by atoms with Crippen molar-refractivity contribution in [2.75, 3.05) is 0 Å². The molecule has 0 spiro atoms. The molecular weight excluding hydrogens is 218 g/mol. The summed E-state index contributed by atoms with van der Waals surface area (Å²) in [7, 11) is 0. The van der Waals surface area contributed by atoms with Crippen LogP contribution >= 0.6 is 0 Å². The minimum Gasteiger partial charge on any atom is -0.325 e. The highest BCUT2D eigenvalue weighted by Crippen LogP contribution is 2.60. The quantitative estimate of drug-likeness (QED) is 0.745. The fraction of sp³-hybridized carbons (Fsp3) is 1.00. The van der Waals surface area contributed by atoms with E-state index in [2.05, 4.69) is 6.92 Å². The van der Waals surface area contributed by atoms with Gasteiger partial charge in [0.25, 0.3) is 0 Å². The smallest absolute Gasteiger partial charge is 0.0188 e. The molecule has 1 nitrogen and oxygen atoms in total. The maximum absolute atomic E-state index is 6.95. The van der Waals surface area contributed by atoms with Gasteiger partial charge in [-0.15, -0.1) is 0 Å². The highest BCUT2D eigenvalue weighted by molar-refractivity contribution is 5.07. The van der Waals surface area contributed by atoms with Crippen LogP contribution in [0.1, 0.15) is 64.7 Å². The highest BCUT2D eigenvalue weighted by Gasteiger charge is 2.54. The molecule has 1 heteroatoms. The van der Waals surface area contributed by atoms with Gasteiger partial charge in [0.05, 0.1) is 0 Å². The lowest BCUT2D eigenvalue weighted by atomic mass is 9.47. The maximum atomic E-state index is 6.95. The molecule has 0 atom stereocenters. The van der Waals surface area contributed by atoms with Crippen LogP contribution < -0.4 is 5.73 Å². The van der Waals surface area contributed by atoms with E-state index in [-0.39, 0.29) is 5.54 Å². The molecule has 0 aromatic rings. The van der Waals surface area contributed by atoms with E-state index in [0.717, 1.165) is 35.5 Å². The molecule has 102 valence electrons. The molecule has 0 radical (unpaired) electrons. The molecule has 0 aromatic carbocycles. The minimum absolute atomic E-state index is 0.231. The summed E-state index contributed by atoms with van der Waals surface area (Å²) < 4.78 is 0. The Hall–Kier alpha value is -0.0400. The Balaban J connectivity index is 1.57. The summed E-state index contributed by atoms with van der Waals surface area (Å²) in [5.74, 6) is 6.04. The molecule has 4 bridgehead atoms. The van der Waals surface area contributed by atoms with Gasteiger partial charge in [0.2, 0.25) is 0 Å². The van der Waals surface area contributed by atoms with Gasteiger partial charge in [-0.25, -0.2) is 0 Å². The van der Waals surface area contributed by atoms with E-state index in [1.54, 1.807) is 6.42 Å². The summed E-state index contributed by atoms with van der Waals surface area (Å²) in [6, 6.07) is 0. The van der Waals surface area contributed by atoms with Crippen LogP contribution in [-0.4, -0.2) is 5.54 Å². The van der Waals surface area contributed by atoms with E-state index < -0.39 is 0 Å². The zero-order valence-electron chi connectivity index (χ0n) is 11.9. The van der Waals surface area contributed by atoms with Crippen molar-refractivity contribution >= 4 is 0 Å². The Morgan fingerprint density at radius 1 is 0.833 bits per heavy atom. The largest absolute Gasteiger partial charge is 0.325 e. The lowest BCUT2D eigenvalue weighted by Gasteiger charge is -2.60. The summed E-state index contributed by atoms with van der Waals surface area (Å²) in [6.45, 7) is 2.41. The summed E-state index contributed by atoms with van der Waals surface area (Å²) in [5.41, 5.74) is 7.18. The van der Waals surface area contributed by atoms with Crippen molar-refractivity contribution in [3.63, 3.8) is 0 Å². The molecule has 0 amide bonds. The summed E-state index contributed by atoms with van der Waals surface area (Å²) in [6.07, 6.45) is 13.1. The first kappa shape index (κ1) is 11.8. The van der Waals surface area contributed by atoms with Crippen molar-refractivity contribution in [1.82, 2.24) is 0 Å². The van der Waals surface area contributed by atoms with Gasteiger partial charge in [-0.2, -0.15) is 0 Å². The SMILES string of the molecule is CC1CCC(N)(C2C3CC4CC(C3)CC2C4)CC1. The first-order chi connectivity index (χ1) is 8.64. The third-order valence-corrected chi connectivity index (χ3v) is 7.10. The highest BCUT2D eigenvalue weighted by atomic mass is 14.8. The third kappa shape index (κ3) is 1.69. The average Bonchev–Trinajstić information content (AvgIpc) is 2.32. The van der Waals surface area contributed by atoms with Crippen molar-refractivity contribution in [3.8, 4) is 0 Å². The normalized spacial score (nSPS) is 59.0. The fourth-order valence-corrected chi connectivity index (χ4v) is 6.50. The Kier molecular flexibility index (Phi) is 2.60. The van der Waals surface area contributed by atoms with E-state index in [1.807, 2.05) is 0 Å². The monoisotopic (exact) mass is 247 g/mol. The Morgan fingerprint density at radius 3 is 1.83 bits per heavy atom. The molecule has 0 aliphatic heterocycles. The van der Waals surface area contributed by atoms with Crippen molar-refractivity contribution in [2.24, 2.45) is 41.2 Å². The zero-order valence-corrected chi connectivity index (χ0v) is 11.9. The molecule has 5 aliphatic rings. The number of hydrogen-bond acceptors (Lipinski definition) is 1. The van der Waals surface area contributed by atoms with Crippen molar-refractivity contribution in [3.05, 3.63) is 0 Å². The van der Waals surface area contributed by atoms with Gasteiger partial charge in [0.1, 0.15) is 0 Å². The Bertz CT molecular complexity index is 299. The number of hydrogen-bond donors (Lipinski definition) is 1. The average molecular weight is 247 g/mol. The molecule has 5 fully saturated rings. The number of rotatable bonds is 1. The van der Waals surface area contributed by atoms with Gasteiger partial charge in [0, 0.05) is 5.54 Å². The van der Waals surface area contributed by atoms with Gasteiger partial charge < -0.3 is 5.73 Å². The molecule has 5 saturated carbocycles. The second-order valence-corrected chi connectivity index (χ2v) is 8.37. The van der Waals surface area contributed by atoms with Crippen molar-refractivity contribution in [1.29, 1.82) is 0 Å². The van der Waals surface area contributed by atoms with Crippen LogP contribution in [0.3, 0.4) is 0 Å². The van der Waals surface area contributed by atoms with Crippen LogP contribution in [0.25, 0.3) is 0 Å². The van der Waals surface area contributed by atoms with Gasteiger partial charge in [-0.05, 0) is 93.3 Å². The lowest BCUT2D eigenvalue weighted by molar-refractivity contribution is -0.0794. The summed E-state index contributed by atoms with van der Waals surface area (Å²) in [5, 5.41) is 0. The summed E-state index contributed by atoms with van der Waals surface area (Å²) in [4.78, 5) is 0. The van der Waals surface area contributed by atoms with Crippen molar-refractivity contribution in [2.45, 2.75) is 70.3 Å². The number of nitrogens with two attached hydrogens (primary N) is 1. The molecule has 0 heterocycles. The Morgan fingerprint density at radius 2 is 1.33 bits per heavy atom. The molecule has 2 N–H and O–H groups in total. The second kappa shape index (κ2) is 3.98. The van der Waals surface area contributed by atoms with Crippen LogP contribution in [0.15, 0.2) is 0 Å². The van der Waals surface area contributed by atoms with Gasteiger partial charge in [-0.1, -0.05) is 6.92 Å². The molecule has 5 rings (SSSR count). The lowest BCUT2D eigenvalue weighted by Crippen LogP contribution is -2.60. The molecule has 0 unspecified atom stereocenters. The molecule has 5 aliphatic carbocycles. The van der Waals surface area contributed by atoms with Crippen molar-refractivity contribution < 1.29 is 0 Å². The van der Waals surface area contributed by atoms with Crippen LogP contribution in [0.5, 0.6) is 0 Å². The van der Waals surface area contributed by atoms with E-state index in [9.17, 15) is 0 Å². The summed E-state index contributed by atoms with van der Waals surface area (Å²) >= 11 is 0. The maximum Gasteiger partial charge on any atom is 0.0188 e. The topological polar surface area (TPSA) is 26.0 Å². The van der Waals surface area contributed by atoms with Gasteiger partial charge in [0.15, 0.2) is 0 Å². The second-order valence-electron chi connectivity index (χ2n) is 8.37. The van der Waals surface area contributed by atoms with E-state index in [1.165, 1.54) is 51.4 Å². The molecule has 0 saturated heterocycles. The van der Waals surface area contributed by atoms with E-state index >= 15 is 0 Å². The first-order valence-corrected chi connectivity index (χ1v) is 8.43. The first-order valence-electron chi connectivity index (χ1n) is 8.43. The standard InChI is InChI=1S/C17H29N/c1-11-2-4-17(18,5-3-11)16-14-7-12-6-13(9-14)10-15(16)8-12/h11-16H,2-10,18H2,1H3. The van der Waals surface area contributed by atoms with Crippen LogP contribution in [0, 0.1) is 35.5 Å². The molecule has 0 aromatic heterocycles. The zero-order chi connectivity index (χ0) is 12.3. The van der Waals surface area contributed by atoms with Gasteiger partial charge in [-0.3, -0.25) is 0 Å². The predicted molar refractivity (Wildman–Crippen MR) is 75.1 cm³/mol. The van der Waals surface area contributed by atoms with E-state index in [4.69, 9.17) is 5.73 Å². The predicted octanol–water partition coefficient (Wildman–Crippen LogP) is 3.97. The van der Waals surface area contributed by atoms with E-state index in [0.29, 0.717) is 0 Å².